The number of benzene rings is 1. The maximum atomic E-state index is 11.9. The van der Waals surface area contributed by atoms with Crippen molar-refractivity contribution < 1.29 is 24.9 Å². The van der Waals surface area contributed by atoms with E-state index < -0.39 is 5.97 Å². The second kappa shape index (κ2) is 6.78. The molecule has 1 aromatic rings. The number of carbonyl (C=O) groups excluding carboxylic acids is 1. The second-order valence-corrected chi connectivity index (χ2v) is 4.38. The van der Waals surface area contributed by atoms with Crippen molar-refractivity contribution in [3.63, 3.8) is 0 Å². The number of rotatable bonds is 7. The van der Waals surface area contributed by atoms with Crippen LogP contribution in [-0.2, 0) is 11.2 Å². The molecule has 0 aromatic heterocycles. The minimum absolute atomic E-state index is 0.0255. The second-order valence-electron chi connectivity index (χ2n) is 4.38. The lowest BCUT2D eigenvalue weighted by Crippen LogP contribution is -2.02. The molecule has 0 amide bonds. The maximum absolute atomic E-state index is 11.9. The zero-order valence-corrected chi connectivity index (χ0v) is 10.8. The van der Waals surface area contributed by atoms with Crippen molar-refractivity contribution >= 4 is 11.8 Å². The quantitative estimate of drug-likeness (QED) is 0.520. The molecule has 5 nitrogen and oxygen atoms in total. The Kier molecular flexibility index (Phi) is 5.36. The number of Topliss-reactive ketones (excluding diaryl/α,β-unsaturated/α-hetero) is 1. The summed E-state index contributed by atoms with van der Waals surface area (Å²) in [5, 5.41) is 27.7. The summed E-state index contributed by atoms with van der Waals surface area (Å²) in [4.78, 5) is 22.2. The van der Waals surface area contributed by atoms with Crippen molar-refractivity contribution in [1.82, 2.24) is 0 Å². The predicted molar refractivity (Wildman–Crippen MR) is 69.6 cm³/mol. The summed E-state index contributed by atoms with van der Waals surface area (Å²) < 4.78 is 0. The smallest absolute Gasteiger partial charge is 0.303 e. The van der Waals surface area contributed by atoms with Crippen LogP contribution in [0.2, 0.25) is 0 Å². The minimum atomic E-state index is -0.881. The van der Waals surface area contributed by atoms with Crippen LogP contribution in [0.1, 0.15) is 48.5 Å². The van der Waals surface area contributed by atoms with Gasteiger partial charge in [0.05, 0.1) is 5.56 Å². The number of carboxylic acid groups (broad SMARTS) is 1. The van der Waals surface area contributed by atoms with Gasteiger partial charge in [0.1, 0.15) is 11.5 Å². The third-order valence-electron chi connectivity index (χ3n) is 2.92. The number of aryl methyl sites for hydroxylation is 1. The summed E-state index contributed by atoms with van der Waals surface area (Å²) >= 11 is 0. The first-order valence-corrected chi connectivity index (χ1v) is 6.25. The van der Waals surface area contributed by atoms with Gasteiger partial charge < -0.3 is 15.3 Å². The van der Waals surface area contributed by atoms with Crippen LogP contribution in [0, 0.1) is 0 Å². The predicted octanol–water partition coefficient (Wildman–Crippen LogP) is 2.49. The van der Waals surface area contributed by atoms with Crippen molar-refractivity contribution in [3.8, 4) is 11.5 Å². The van der Waals surface area contributed by atoms with E-state index in [-0.39, 0.29) is 35.7 Å². The number of unbranched alkanes of at least 4 members (excludes halogenated alkanes) is 1. The van der Waals surface area contributed by atoms with E-state index in [1.54, 1.807) is 0 Å². The van der Waals surface area contributed by atoms with Crippen LogP contribution >= 0.6 is 0 Å². The number of carbonyl (C=O) groups is 2. The summed E-state index contributed by atoms with van der Waals surface area (Å²) in [6.45, 7) is 1.84. The molecule has 0 fully saturated rings. The van der Waals surface area contributed by atoms with Crippen LogP contribution in [0.25, 0.3) is 0 Å². The molecule has 0 saturated carbocycles. The van der Waals surface area contributed by atoms with Crippen molar-refractivity contribution in [1.29, 1.82) is 0 Å². The zero-order valence-electron chi connectivity index (χ0n) is 10.8. The third-order valence-corrected chi connectivity index (χ3v) is 2.92. The average molecular weight is 266 g/mol. The maximum Gasteiger partial charge on any atom is 0.303 e. The molecule has 5 heteroatoms. The first kappa shape index (κ1) is 15.0. The van der Waals surface area contributed by atoms with Crippen molar-refractivity contribution in [3.05, 3.63) is 23.3 Å². The summed E-state index contributed by atoms with van der Waals surface area (Å²) in [6.07, 6.45) is 1.68. The van der Waals surface area contributed by atoms with E-state index in [1.165, 1.54) is 12.1 Å². The molecule has 0 unspecified atom stereocenters. The molecule has 1 rings (SSSR count). The first-order valence-electron chi connectivity index (χ1n) is 6.25. The Morgan fingerprint density at radius 1 is 1.05 bits per heavy atom. The Labute approximate surface area is 111 Å². The molecular formula is C14H18O5. The molecule has 0 bridgehead atoms. The number of carboxylic acids is 1. The van der Waals surface area contributed by atoms with Crippen LogP contribution < -0.4 is 0 Å². The molecule has 0 atom stereocenters. The van der Waals surface area contributed by atoms with Crippen molar-refractivity contribution in [2.45, 2.75) is 39.0 Å². The lowest BCUT2D eigenvalue weighted by atomic mass is 10.00. The molecule has 0 aliphatic rings. The highest BCUT2D eigenvalue weighted by Crippen LogP contribution is 2.29. The number of phenolic OH excluding ortho intramolecular Hbond substituents is 2. The van der Waals surface area contributed by atoms with Crippen molar-refractivity contribution in [2.75, 3.05) is 0 Å². The number of hydrogen-bond acceptors (Lipinski definition) is 4. The fraction of sp³-hybridized carbons (Fsp3) is 0.429. The van der Waals surface area contributed by atoms with E-state index in [0.717, 1.165) is 0 Å². The van der Waals surface area contributed by atoms with Gasteiger partial charge in [0.15, 0.2) is 5.78 Å². The van der Waals surface area contributed by atoms with E-state index >= 15 is 0 Å². The Balaban J connectivity index is 2.69. The lowest BCUT2D eigenvalue weighted by molar-refractivity contribution is -0.137. The van der Waals surface area contributed by atoms with Gasteiger partial charge in [0, 0.05) is 18.9 Å². The Morgan fingerprint density at radius 3 is 2.26 bits per heavy atom. The zero-order chi connectivity index (χ0) is 14.4. The monoisotopic (exact) mass is 266 g/mol. The summed E-state index contributed by atoms with van der Waals surface area (Å²) in [6, 6.07) is 2.66. The molecule has 0 aliphatic carbocycles. The van der Waals surface area contributed by atoms with Gasteiger partial charge in [0.25, 0.3) is 0 Å². The molecule has 0 heterocycles. The molecule has 0 aliphatic heterocycles. The largest absolute Gasteiger partial charge is 0.508 e. The van der Waals surface area contributed by atoms with Gasteiger partial charge in [0.2, 0.25) is 0 Å². The highest BCUT2D eigenvalue weighted by atomic mass is 16.4. The average Bonchev–Trinajstić information content (AvgIpc) is 2.34. The summed E-state index contributed by atoms with van der Waals surface area (Å²) in [5.74, 6) is -1.38. The van der Waals surface area contributed by atoms with Gasteiger partial charge in [-0.2, -0.15) is 0 Å². The first-order chi connectivity index (χ1) is 8.95. The van der Waals surface area contributed by atoms with E-state index in [2.05, 4.69) is 0 Å². The van der Waals surface area contributed by atoms with E-state index in [0.29, 0.717) is 24.8 Å². The molecule has 19 heavy (non-hydrogen) atoms. The van der Waals surface area contributed by atoms with Crippen LogP contribution in [0.3, 0.4) is 0 Å². The number of phenols is 2. The van der Waals surface area contributed by atoms with Crippen LogP contribution in [0.15, 0.2) is 12.1 Å². The highest BCUT2D eigenvalue weighted by molar-refractivity contribution is 5.99. The summed E-state index contributed by atoms with van der Waals surface area (Å²) in [7, 11) is 0. The van der Waals surface area contributed by atoms with E-state index in [1.807, 2.05) is 6.92 Å². The van der Waals surface area contributed by atoms with Gasteiger partial charge in [-0.1, -0.05) is 6.92 Å². The van der Waals surface area contributed by atoms with Gasteiger partial charge >= 0.3 is 5.97 Å². The van der Waals surface area contributed by atoms with Gasteiger partial charge in [-0.15, -0.1) is 0 Å². The van der Waals surface area contributed by atoms with Gasteiger partial charge in [-0.25, -0.2) is 0 Å². The van der Waals surface area contributed by atoms with E-state index in [4.69, 9.17) is 5.11 Å². The van der Waals surface area contributed by atoms with Gasteiger partial charge in [-0.05, 0) is 30.9 Å². The molecule has 0 spiro atoms. The Bertz CT molecular complexity index is 479. The van der Waals surface area contributed by atoms with Crippen LogP contribution in [0.5, 0.6) is 11.5 Å². The number of aromatic hydroxyl groups is 2. The van der Waals surface area contributed by atoms with Crippen LogP contribution in [0.4, 0.5) is 0 Å². The normalized spacial score (nSPS) is 10.4. The number of hydrogen-bond donors (Lipinski definition) is 3. The topological polar surface area (TPSA) is 94.8 Å². The standard InChI is InChI=1S/C14H18O5/c1-2-9-7-10(13(17)8-12(9)16)11(15)5-3-4-6-14(18)19/h7-8,16-17H,2-6H2,1H3,(H,18,19). The molecule has 0 saturated heterocycles. The molecule has 1 aromatic carbocycles. The minimum Gasteiger partial charge on any atom is -0.508 e. The van der Waals surface area contributed by atoms with E-state index in [9.17, 15) is 19.8 Å². The SMILES string of the molecule is CCc1cc(C(=O)CCCCC(=O)O)c(O)cc1O. The fourth-order valence-electron chi connectivity index (χ4n) is 1.83. The van der Waals surface area contributed by atoms with Crippen LogP contribution in [-0.4, -0.2) is 27.1 Å². The molecular weight excluding hydrogens is 248 g/mol. The summed E-state index contributed by atoms with van der Waals surface area (Å²) in [5.41, 5.74) is 0.789. The number of ketones is 1. The molecule has 3 N–H and O–H groups in total. The third kappa shape index (κ3) is 4.28. The number of aliphatic carboxylic acids is 1. The molecule has 0 radical (unpaired) electrons. The fourth-order valence-corrected chi connectivity index (χ4v) is 1.83. The van der Waals surface area contributed by atoms with Gasteiger partial charge in [-0.3, -0.25) is 9.59 Å². The van der Waals surface area contributed by atoms with Crippen molar-refractivity contribution in [2.24, 2.45) is 0 Å². The molecule has 104 valence electrons. The Morgan fingerprint density at radius 2 is 1.68 bits per heavy atom. The lowest BCUT2D eigenvalue weighted by Gasteiger charge is -2.08. The Hall–Kier alpha value is -2.04. The highest BCUT2D eigenvalue weighted by Gasteiger charge is 2.14.